The summed E-state index contributed by atoms with van der Waals surface area (Å²) in [7, 11) is 0. The first-order valence-corrected chi connectivity index (χ1v) is 6.59. The van der Waals surface area contributed by atoms with Gasteiger partial charge in [-0.3, -0.25) is 9.48 Å². The van der Waals surface area contributed by atoms with Gasteiger partial charge in [-0.15, -0.1) is 0 Å². The van der Waals surface area contributed by atoms with E-state index in [1.807, 2.05) is 24.7 Å². The Morgan fingerprint density at radius 2 is 2.38 bits per heavy atom. The fourth-order valence-electron chi connectivity index (χ4n) is 1.27. The minimum Gasteiger partial charge on any atom is -0.354 e. The molecule has 16 heavy (non-hydrogen) atoms. The van der Waals surface area contributed by atoms with E-state index in [0.717, 1.165) is 15.7 Å². The molecule has 1 unspecified atom stereocenters. The van der Waals surface area contributed by atoms with E-state index in [1.54, 1.807) is 0 Å². The van der Waals surface area contributed by atoms with Crippen LogP contribution in [0.25, 0.3) is 0 Å². The maximum atomic E-state index is 11.5. The molecule has 0 aromatic carbocycles. The van der Waals surface area contributed by atoms with E-state index in [0.29, 0.717) is 13.0 Å². The Balaban J connectivity index is 2.37. The van der Waals surface area contributed by atoms with Crippen LogP contribution < -0.4 is 5.32 Å². The number of aryl methyl sites for hydroxylation is 2. The van der Waals surface area contributed by atoms with Crippen LogP contribution >= 0.6 is 22.6 Å². The number of nitrogens with zero attached hydrogens (tertiary/aromatic N) is 2. The van der Waals surface area contributed by atoms with Crippen LogP contribution in [0, 0.1) is 10.5 Å². The minimum absolute atomic E-state index is 0.0949. The van der Waals surface area contributed by atoms with E-state index >= 15 is 0 Å². The zero-order valence-electron chi connectivity index (χ0n) is 9.96. The second-order valence-corrected chi connectivity index (χ2v) is 5.11. The van der Waals surface area contributed by atoms with E-state index < -0.39 is 0 Å². The first kappa shape index (κ1) is 13.5. The third kappa shape index (κ3) is 4.11. The molecule has 0 aliphatic rings. The Kier molecular flexibility index (Phi) is 5.24. The Morgan fingerprint density at radius 1 is 1.69 bits per heavy atom. The fraction of sp³-hybridized carbons (Fsp3) is 0.636. The van der Waals surface area contributed by atoms with E-state index in [-0.39, 0.29) is 11.9 Å². The average Bonchev–Trinajstić information content (AvgIpc) is 2.55. The standard InChI is InChI=1S/C11H18IN3O/c1-4-8(2)13-11(16)5-6-15-7-10(12)9(3)14-15/h7-8H,4-6H2,1-3H3,(H,13,16). The van der Waals surface area contributed by atoms with Crippen LogP contribution in [0.5, 0.6) is 0 Å². The van der Waals surface area contributed by atoms with Gasteiger partial charge in [-0.1, -0.05) is 6.92 Å². The number of halogens is 1. The number of aromatic nitrogens is 2. The normalized spacial score (nSPS) is 12.5. The first-order valence-electron chi connectivity index (χ1n) is 5.51. The van der Waals surface area contributed by atoms with Crippen LogP contribution in [0.15, 0.2) is 6.20 Å². The molecule has 1 rings (SSSR count). The molecule has 0 radical (unpaired) electrons. The molecule has 1 heterocycles. The summed E-state index contributed by atoms with van der Waals surface area (Å²) in [5.41, 5.74) is 1.02. The van der Waals surface area contributed by atoms with Gasteiger partial charge in [0.05, 0.1) is 9.26 Å². The molecule has 0 spiro atoms. The summed E-state index contributed by atoms with van der Waals surface area (Å²) in [4.78, 5) is 11.5. The molecule has 4 nitrogen and oxygen atoms in total. The number of rotatable bonds is 5. The van der Waals surface area contributed by atoms with Crippen molar-refractivity contribution in [2.24, 2.45) is 0 Å². The number of amides is 1. The van der Waals surface area contributed by atoms with Crippen molar-refractivity contribution in [2.45, 2.75) is 46.2 Å². The van der Waals surface area contributed by atoms with Crippen molar-refractivity contribution in [3.05, 3.63) is 15.5 Å². The Morgan fingerprint density at radius 3 is 2.88 bits per heavy atom. The summed E-state index contributed by atoms with van der Waals surface area (Å²) in [5.74, 6) is 0.0949. The number of hydrogen-bond donors (Lipinski definition) is 1. The molecule has 0 fully saturated rings. The largest absolute Gasteiger partial charge is 0.354 e. The van der Waals surface area contributed by atoms with Gasteiger partial charge in [-0.25, -0.2) is 0 Å². The molecule has 0 saturated heterocycles. The van der Waals surface area contributed by atoms with E-state index in [9.17, 15) is 4.79 Å². The lowest BCUT2D eigenvalue weighted by atomic mass is 10.2. The second kappa shape index (κ2) is 6.22. The van der Waals surface area contributed by atoms with E-state index in [1.165, 1.54) is 0 Å². The summed E-state index contributed by atoms with van der Waals surface area (Å²) < 4.78 is 2.97. The monoisotopic (exact) mass is 335 g/mol. The quantitative estimate of drug-likeness (QED) is 0.838. The molecule has 0 aliphatic heterocycles. The van der Waals surface area contributed by atoms with Crippen molar-refractivity contribution in [2.75, 3.05) is 0 Å². The van der Waals surface area contributed by atoms with E-state index in [4.69, 9.17) is 0 Å². The van der Waals surface area contributed by atoms with Gasteiger partial charge in [-0.2, -0.15) is 5.10 Å². The number of carbonyl (C=O) groups is 1. The summed E-state index contributed by atoms with van der Waals surface area (Å²) in [6.45, 7) is 6.69. The van der Waals surface area contributed by atoms with Gasteiger partial charge < -0.3 is 5.32 Å². The van der Waals surface area contributed by atoms with Crippen LogP contribution in [-0.2, 0) is 11.3 Å². The van der Waals surface area contributed by atoms with Crippen molar-refractivity contribution >= 4 is 28.5 Å². The average molecular weight is 335 g/mol. The maximum absolute atomic E-state index is 11.5. The maximum Gasteiger partial charge on any atom is 0.222 e. The lowest BCUT2D eigenvalue weighted by molar-refractivity contribution is -0.121. The Bertz CT molecular complexity index is 343. The van der Waals surface area contributed by atoms with Crippen LogP contribution in [0.2, 0.25) is 0 Å². The molecule has 5 heteroatoms. The summed E-state index contributed by atoms with van der Waals surface area (Å²) in [6, 6.07) is 0.256. The SMILES string of the molecule is CCC(C)NC(=O)CCn1cc(I)c(C)n1. The first-order chi connectivity index (χ1) is 7.52. The van der Waals surface area contributed by atoms with Gasteiger partial charge in [-0.05, 0) is 42.9 Å². The topological polar surface area (TPSA) is 46.9 Å². The molecular weight excluding hydrogens is 317 g/mol. The number of nitrogens with one attached hydrogen (secondary N) is 1. The van der Waals surface area contributed by atoms with E-state index in [2.05, 4.69) is 39.9 Å². The van der Waals surface area contributed by atoms with Gasteiger partial charge in [0.1, 0.15) is 0 Å². The molecular formula is C11H18IN3O. The molecule has 1 atom stereocenters. The molecule has 0 aliphatic carbocycles. The predicted molar refractivity (Wildman–Crippen MR) is 72.2 cm³/mol. The third-order valence-corrected chi connectivity index (χ3v) is 3.53. The van der Waals surface area contributed by atoms with Crippen LogP contribution in [0.3, 0.4) is 0 Å². The zero-order valence-corrected chi connectivity index (χ0v) is 12.1. The molecule has 1 amide bonds. The van der Waals surface area contributed by atoms with Crippen molar-refractivity contribution in [1.29, 1.82) is 0 Å². The summed E-state index contributed by atoms with van der Waals surface area (Å²) in [6.07, 6.45) is 3.42. The molecule has 0 bridgehead atoms. The van der Waals surface area contributed by atoms with Gasteiger partial charge in [0.25, 0.3) is 0 Å². The van der Waals surface area contributed by atoms with Gasteiger partial charge >= 0.3 is 0 Å². The Labute approximate surface area is 110 Å². The van der Waals surface area contributed by atoms with Crippen molar-refractivity contribution < 1.29 is 4.79 Å². The second-order valence-electron chi connectivity index (χ2n) is 3.95. The molecule has 1 aromatic rings. The van der Waals surface area contributed by atoms with Crippen LogP contribution in [0.4, 0.5) is 0 Å². The van der Waals surface area contributed by atoms with Crippen LogP contribution in [0.1, 0.15) is 32.4 Å². The predicted octanol–water partition coefficient (Wildman–Crippen LogP) is 2.10. The Hall–Kier alpha value is -0.590. The van der Waals surface area contributed by atoms with Gasteiger partial charge in [0.2, 0.25) is 5.91 Å². The van der Waals surface area contributed by atoms with Crippen molar-refractivity contribution in [3.63, 3.8) is 0 Å². The highest BCUT2D eigenvalue weighted by Gasteiger charge is 2.07. The summed E-state index contributed by atoms with van der Waals surface area (Å²) >= 11 is 2.24. The fourth-order valence-corrected chi connectivity index (χ4v) is 1.70. The van der Waals surface area contributed by atoms with Gasteiger partial charge in [0, 0.05) is 25.2 Å². The lowest BCUT2D eigenvalue weighted by Crippen LogP contribution is -2.32. The van der Waals surface area contributed by atoms with Crippen LogP contribution in [-0.4, -0.2) is 21.7 Å². The van der Waals surface area contributed by atoms with Crippen molar-refractivity contribution in [1.82, 2.24) is 15.1 Å². The molecule has 1 N–H and O–H groups in total. The smallest absolute Gasteiger partial charge is 0.222 e. The lowest BCUT2D eigenvalue weighted by Gasteiger charge is -2.10. The third-order valence-electron chi connectivity index (χ3n) is 2.47. The van der Waals surface area contributed by atoms with Crippen molar-refractivity contribution in [3.8, 4) is 0 Å². The molecule has 0 saturated carbocycles. The minimum atomic E-state index is 0.0949. The number of hydrogen-bond acceptors (Lipinski definition) is 2. The van der Waals surface area contributed by atoms with Gasteiger partial charge in [0.15, 0.2) is 0 Å². The molecule has 90 valence electrons. The summed E-state index contributed by atoms with van der Waals surface area (Å²) in [5, 5.41) is 7.25. The number of carbonyl (C=O) groups excluding carboxylic acids is 1. The highest BCUT2D eigenvalue weighted by molar-refractivity contribution is 14.1. The highest BCUT2D eigenvalue weighted by Crippen LogP contribution is 2.08. The zero-order chi connectivity index (χ0) is 12.1. The molecule has 1 aromatic heterocycles. The highest BCUT2D eigenvalue weighted by atomic mass is 127.